The van der Waals surface area contributed by atoms with E-state index >= 15 is 0 Å². The van der Waals surface area contributed by atoms with E-state index in [1.807, 2.05) is 6.08 Å². The molecule has 0 spiro atoms. The Morgan fingerprint density at radius 1 is 0.350 bits per heavy atom. The summed E-state index contributed by atoms with van der Waals surface area (Å²) in [6.07, 6.45) is 82.2. The second-order valence-electron chi connectivity index (χ2n) is 31.4. The van der Waals surface area contributed by atoms with Crippen molar-refractivity contribution in [1.29, 1.82) is 0 Å². The maximum atomic E-state index is 13.4. The molecule has 103 heavy (non-hydrogen) atoms. The number of carbonyl (C=O) groups excluding carboxylic acids is 1. The highest BCUT2D eigenvalue weighted by Gasteiger charge is 2.51. The van der Waals surface area contributed by atoms with E-state index in [9.17, 15) is 45.6 Å². The number of aliphatic hydroxyl groups excluding tert-OH is 8. The topological polar surface area (TPSA) is 228 Å². The van der Waals surface area contributed by atoms with E-state index in [-0.39, 0.29) is 18.9 Å². The number of nitrogens with one attached hydrogen (secondary N) is 1. The monoisotopic (exact) mass is 1460 g/mol. The number of ether oxygens (including phenoxy) is 4. The van der Waals surface area contributed by atoms with Gasteiger partial charge in [0.15, 0.2) is 12.6 Å². The highest BCUT2D eigenvalue weighted by Crippen LogP contribution is 2.31. The highest BCUT2D eigenvalue weighted by atomic mass is 16.7. The zero-order valence-electron chi connectivity index (χ0n) is 66.8. The largest absolute Gasteiger partial charge is 0.394 e. The van der Waals surface area contributed by atoms with Crippen LogP contribution in [-0.4, -0.2) is 140 Å². The standard InChI is InChI=1S/C89H167NO13/c1-3-5-7-9-11-13-15-17-19-21-23-25-27-29-31-33-34-35-36-37-38-39-40-41-42-43-44-45-47-49-51-53-55-57-59-61-63-65-67-69-71-73-81(94)90-77(76-100-88-86(99)84(97)87(80(75-92)102-88)103-89-85(98)83(96)82(95)79(74-91)101-89)78(93)72-70-68-66-64-62-60-58-56-54-52-50-48-46-32-30-28-26-24-22-20-18-16-14-12-10-8-6-4-2/h15,17,21,23,27,29,70,72,77-80,82-89,91-93,95-99H,3-14,16,18-20,22,24-26,28,30-69,71,73-76H2,1-2H3,(H,90,94)/b17-15-,23-21-,29-27-,72-70+. The third kappa shape index (κ3) is 55.1. The molecule has 2 aliphatic rings. The van der Waals surface area contributed by atoms with E-state index in [2.05, 4.69) is 55.6 Å². The zero-order valence-corrected chi connectivity index (χ0v) is 66.8. The summed E-state index contributed by atoms with van der Waals surface area (Å²) in [6, 6.07) is -0.916. The van der Waals surface area contributed by atoms with Crippen LogP contribution in [0.25, 0.3) is 0 Å². The summed E-state index contributed by atoms with van der Waals surface area (Å²) < 4.78 is 23.0. The van der Waals surface area contributed by atoms with Crippen LogP contribution in [0.2, 0.25) is 0 Å². The lowest BCUT2D eigenvalue weighted by Gasteiger charge is -2.46. The molecule has 0 aromatic heterocycles. The van der Waals surface area contributed by atoms with Gasteiger partial charge in [-0.2, -0.15) is 0 Å². The first-order valence-electron chi connectivity index (χ1n) is 44.4. The van der Waals surface area contributed by atoms with Crippen LogP contribution in [0.15, 0.2) is 48.6 Å². The Morgan fingerprint density at radius 3 is 0.981 bits per heavy atom. The van der Waals surface area contributed by atoms with Gasteiger partial charge in [0.25, 0.3) is 0 Å². The van der Waals surface area contributed by atoms with Gasteiger partial charge in [0.2, 0.25) is 5.91 Å². The van der Waals surface area contributed by atoms with Crippen LogP contribution >= 0.6 is 0 Å². The van der Waals surface area contributed by atoms with Gasteiger partial charge in [-0.15, -0.1) is 0 Å². The average molecular weight is 1460 g/mol. The molecule has 14 nitrogen and oxygen atoms in total. The van der Waals surface area contributed by atoms with Gasteiger partial charge in [-0.3, -0.25) is 4.79 Å². The normalized spacial score (nSPS) is 21.7. The molecule has 0 bridgehead atoms. The fraction of sp³-hybridized carbons (Fsp3) is 0.899. The van der Waals surface area contributed by atoms with Crippen molar-refractivity contribution in [2.75, 3.05) is 19.8 Å². The van der Waals surface area contributed by atoms with Gasteiger partial charge >= 0.3 is 0 Å². The number of carbonyl (C=O) groups is 1. The molecule has 12 atom stereocenters. The summed E-state index contributed by atoms with van der Waals surface area (Å²) >= 11 is 0. The van der Waals surface area contributed by atoms with E-state index in [1.165, 1.54) is 340 Å². The van der Waals surface area contributed by atoms with Crippen molar-refractivity contribution in [3.63, 3.8) is 0 Å². The average Bonchev–Trinajstić information content (AvgIpc) is 0.791. The van der Waals surface area contributed by atoms with Gasteiger partial charge in [0.05, 0.1) is 32.0 Å². The van der Waals surface area contributed by atoms with Gasteiger partial charge in [-0.1, -0.05) is 403 Å². The van der Waals surface area contributed by atoms with Crippen molar-refractivity contribution >= 4 is 5.91 Å². The lowest BCUT2D eigenvalue weighted by atomic mass is 9.97. The minimum Gasteiger partial charge on any atom is -0.394 e. The molecule has 0 aromatic rings. The molecule has 0 radical (unpaired) electrons. The fourth-order valence-electron chi connectivity index (χ4n) is 14.8. The maximum absolute atomic E-state index is 13.4. The van der Waals surface area contributed by atoms with Crippen LogP contribution < -0.4 is 5.32 Å². The predicted octanol–water partition coefficient (Wildman–Crippen LogP) is 21.3. The van der Waals surface area contributed by atoms with E-state index in [0.717, 1.165) is 51.4 Å². The maximum Gasteiger partial charge on any atom is 0.220 e. The van der Waals surface area contributed by atoms with Gasteiger partial charge < -0.3 is 65.1 Å². The molecule has 2 heterocycles. The number of rotatable bonds is 76. The van der Waals surface area contributed by atoms with Crippen LogP contribution in [0.4, 0.5) is 0 Å². The number of unbranched alkanes of at least 4 members (excludes halogenated alkanes) is 57. The first kappa shape index (κ1) is 97.0. The predicted molar refractivity (Wildman–Crippen MR) is 429 cm³/mol. The van der Waals surface area contributed by atoms with Gasteiger partial charge in [0, 0.05) is 6.42 Å². The summed E-state index contributed by atoms with van der Waals surface area (Å²) in [5.41, 5.74) is 0. The SMILES string of the molecule is CCCCCCC/C=C\C/C=C\C/C=C\CCCCCCCCCCCCCCCCCCCCCCCCCCCCC(=O)NC(COC1OC(CO)C(OC2OC(CO)C(O)C(O)C2O)C(O)C1O)C(O)/C=C/CCCCCCCCCCCCCCCCCCCCCCCCCCCC. The molecule has 1 amide bonds. The van der Waals surface area contributed by atoms with Gasteiger partial charge in [-0.25, -0.2) is 0 Å². The van der Waals surface area contributed by atoms with Crippen molar-refractivity contribution in [1.82, 2.24) is 5.32 Å². The molecular formula is C89H167NO13. The Hall–Kier alpha value is -2.05. The molecule has 14 heteroatoms. The van der Waals surface area contributed by atoms with Crippen LogP contribution in [0.3, 0.4) is 0 Å². The first-order valence-corrected chi connectivity index (χ1v) is 44.4. The first-order chi connectivity index (χ1) is 50.6. The molecule has 2 aliphatic heterocycles. The molecule has 0 aromatic carbocycles. The quantitative estimate of drug-likeness (QED) is 0.0204. The van der Waals surface area contributed by atoms with Crippen LogP contribution in [0.1, 0.15) is 418 Å². The van der Waals surface area contributed by atoms with Crippen molar-refractivity contribution < 1.29 is 64.6 Å². The van der Waals surface area contributed by atoms with E-state index in [1.54, 1.807) is 6.08 Å². The Morgan fingerprint density at radius 2 is 0.641 bits per heavy atom. The Kier molecular flexibility index (Phi) is 68.6. The van der Waals surface area contributed by atoms with Gasteiger partial charge in [0.1, 0.15) is 48.8 Å². The molecule has 0 aliphatic carbocycles. The summed E-state index contributed by atoms with van der Waals surface area (Å²) in [4.78, 5) is 13.4. The number of allylic oxidation sites excluding steroid dienone is 7. The fourth-order valence-corrected chi connectivity index (χ4v) is 14.8. The molecule has 12 unspecified atom stereocenters. The molecule has 2 rings (SSSR count). The summed E-state index contributed by atoms with van der Waals surface area (Å²) in [5, 5.41) is 87.8. The smallest absolute Gasteiger partial charge is 0.220 e. The highest BCUT2D eigenvalue weighted by molar-refractivity contribution is 5.76. The molecule has 2 saturated heterocycles. The van der Waals surface area contributed by atoms with Crippen LogP contribution in [-0.2, 0) is 23.7 Å². The second kappa shape index (κ2) is 72.8. The second-order valence-corrected chi connectivity index (χ2v) is 31.4. The minimum absolute atomic E-state index is 0.230. The Labute approximate surface area is 633 Å². The lowest BCUT2D eigenvalue weighted by Crippen LogP contribution is -2.65. The van der Waals surface area contributed by atoms with Crippen molar-refractivity contribution in [2.24, 2.45) is 0 Å². The molecule has 0 saturated carbocycles. The van der Waals surface area contributed by atoms with E-state index < -0.39 is 86.8 Å². The lowest BCUT2D eigenvalue weighted by molar-refractivity contribution is -0.359. The molecule has 9 N–H and O–H groups in total. The number of aliphatic hydroxyl groups is 8. The summed E-state index contributed by atoms with van der Waals surface area (Å²) in [6.45, 7) is 2.86. The van der Waals surface area contributed by atoms with Crippen molar-refractivity contribution in [3.05, 3.63) is 48.6 Å². The third-order valence-corrected chi connectivity index (χ3v) is 21.8. The van der Waals surface area contributed by atoms with Crippen LogP contribution in [0.5, 0.6) is 0 Å². The number of hydrogen-bond acceptors (Lipinski definition) is 13. The summed E-state index contributed by atoms with van der Waals surface area (Å²) in [7, 11) is 0. The number of hydrogen-bond donors (Lipinski definition) is 9. The van der Waals surface area contributed by atoms with Crippen molar-refractivity contribution in [3.8, 4) is 0 Å². The van der Waals surface area contributed by atoms with E-state index in [4.69, 9.17) is 18.9 Å². The molecular weight excluding hydrogens is 1290 g/mol. The third-order valence-electron chi connectivity index (χ3n) is 21.8. The van der Waals surface area contributed by atoms with Crippen molar-refractivity contribution in [2.45, 2.75) is 492 Å². The van der Waals surface area contributed by atoms with Gasteiger partial charge in [-0.05, 0) is 57.8 Å². The Balaban J connectivity index is 1.55. The minimum atomic E-state index is -1.79. The summed E-state index contributed by atoms with van der Waals surface area (Å²) in [5.74, 6) is -0.230. The Bertz CT molecular complexity index is 1920. The number of amides is 1. The zero-order chi connectivity index (χ0) is 74.4. The molecule has 2 fully saturated rings. The van der Waals surface area contributed by atoms with E-state index in [0.29, 0.717) is 6.42 Å². The van der Waals surface area contributed by atoms with Crippen LogP contribution in [0, 0.1) is 0 Å². The molecule has 606 valence electrons.